The first-order valence-electron chi connectivity index (χ1n) is 11.3. The lowest BCUT2D eigenvalue weighted by Crippen LogP contribution is -2.23. The number of allylic oxidation sites excluding steroid dienone is 2. The summed E-state index contributed by atoms with van der Waals surface area (Å²) < 4.78 is 8.35. The molecule has 0 N–H and O–H groups in total. The molecule has 3 aliphatic rings. The van der Waals surface area contributed by atoms with Crippen LogP contribution in [-0.4, -0.2) is 25.0 Å². The Morgan fingerprint density at radius 1 is 1.18 bits per heavy atom. The van der Waals surface area contributed by atoms with Gasteiger partial charge in [0.25, 0.3) is 0 Å². The van der Waals surface area contributed by atoms with Crippen LogP contribution >= 0.6 is 0 Å². The largest absolute Gasteiger partial charge is 0.361 e. The minimum atomic E-state index is -1.10. The van der Waals surface area contributed by atoms with Crippen molar-refractivity contribution in [1.82, 2.24) is 4.57 Å². The Bertz CT molecular complexity index is 711. The Hall–Kier alpha value is -1.13. The number of carbonyl (C=O) groups is 1. The standard InChI is InChI=1S/C24H39NO2Si/c1-18(2)22-20-13-11-9-7-6-8-10-12-19-16-21(22)23(24(20)26)25(19)17-27-14-15-28(3,4)5/h7,9,16,18,20,22H,6,8,10-15,17H2,1-5H3/b9-7+/t20-,22-/m0/s1. The van der Waals surface area contributed by atoms with Crippen LogP contribution in [0.3, 0.4) is 0 Å². The molecule has 1 aromatic heterocycles. The third kappa shape index (κ3) is 4.88. The minimum absolute atomic E-state index is 0.137. The van der Waals surface area contributed by atoms with Crippen LogP contribution in [0, 0.1) is 11.8 Å². The maximum atomic E-state index is 13.5. The second-order valence-corrected chi connectivity index (χ2v) is 15.9. The van der Waals surface area contributed by atoms with Crippen LogP contribution in [0.2, 0.25) is 25.7 Å². The fourth-order valence-electron chi connectivity index (χ4n) is 4.81. The number of hydrogen-bond acceptors (Lipinski definition) is 2. The smallest absolute Gasteiger partial charge is 0.183 e. The molecule has 2 aliphatic carbocycles. The molecule has 4 rings (SSSR count). The number of aromatic nitrogens is 1. The van der Waals surface area contributed by atoms with E-state index < -0.39 is 8.07 Å². The van der Waals surface area contributed by atoms with Crippen molar-refractivity contribution in [2.45, 2.75) is 90.7 Å². The van der Waals surface area contributed by atoms with E-state index in [1.54, 1.807) is 0 Å². The first kappa shape index (κ1) is 21.6. The maximum absolute atomic E-state index is 13.5. The van der Waals surface area contributed by atoms with E-state index in [2.05, 4.69) is 56.3 Å². The summed E-state index contributed by atoms with van der Waals surface area (Å²) in [7, 11) is -1.10. The normalized spacial score (nSPS) is 24.3. The zero-order valence-electron chi connectivity index (χ0n) is 18.6. The molecular weight excluding hydrogens is 362 g/mol. The van der Waals surface area contributed by atoms with E-state index in [1.165, 1.54) is 30.1 Å². The van der Waals surface area contributed by atoms with E-state index in [4.69, 9.17) is 4.74 Å². The highest BCUT2D eigenvalue weighted by Gasteiger charge is 2.43. The van der Waals surface area contributed by atoms with E-state index >= 15 is 0 Å². The summed E-state index contributed by atoms with van der Waals surface area (Å²) in [5, 5.41) is 0. The van der Waals surface area contributed by atoms with Gasteiger partial charge in [0.05, 0.1) is 5.69 Å². The summed E-state index contributed by atoms with van der Waals surface area (Å²) in [5.41, 5.74) is 3.57. The van der Waals surface area contributed by atoms with Crippen molar-refractivity contribution in [3.8, 4) is 0 Å². The summed E-state index contributed by atoms with van der Waals surface area (Å²) in [4.78, 5) is 13.5. The van der Waals surface area contributed by atoms with Crippen molar-refractivity contribution in [1.29, 1.82) is 0 Å². The summed E-state index contributed by atoms with van der Waals surface area (Å²) >= 11 is 0. The van der Waals surface area contributed by atoms with Crippen LogP contribution in [0.4, 0.5) is 0 Å². The quantitative estimate of drug-likeness (QED) is 0.313. The third-order valence-electron chi connectivity index (χ3n) is 6.37. The Morgan fingerprint density at radius 2 is 1.93 bits per heavy atom. The molecule has 0 fully saturated rings. The van der Waals surface area contributed by atoms with E-state index in [0.717, 1.165) is 38.0 Å². The molecule has 1 aliphatic heterocycles. The van der Waals surface area contributed by atoms with Crippen molar-refractivity contribution >= 4 is 13.9 Å². The highest BCUT2D eigenvalue weighted by Crippen LogP contribution is 2.46. The average Bonchev–Trinajstić information content (AvgIpc) is 3.09. The van der Waals surface area contributed by atoms with Crippen LogP contribution in [0.25, 0.3) is 0 Å². The van der Waals surface area contributed by atoms with Gasteiger partial charge in [-0.05, 0) is 68.0 Å². The highest BCUT2D eigenvalue weighted by molar-refractivity contribution is 6.76. The molecule has 0 radical (unpaired) electrons. The lowest BCUT2D eigenvalue weighted by molar-refractivity contribution is 0.0767. The maximum Gasteiger partial charge on any atom is 0.183 e. The molecule has 2 atom stereocenters. The molecule has 3 nitrogen and oxygen atoms in total. The summed E-state index contributed by atoms with van der Waals surface area (Å²) in [5.74, 6) is 1.35. The molecule has 0 amide bonds. The fourth-order valence-corrected chi connectivity index (χ4v) is 5.57. The topological polar surface area (TPSA) is 31.2 Å². The van der Waals surface area contributed by atoms with Crippen molar-refractivity contribution in [2.75, 3.05) is 6.61 Å². The molecule has 2 heterocycles. The number of rotatable bonds is 6. The summed E-state index contributed by atoms with van der Waals surface area (Å²) in [6.45, 7) is 13.0. The number of aryl methyl sites for hydroxylation is 1. The van der Waals surface area contributed by atoms with Crippen LogP contribution in [0.1, 0.15) is 73.6 Å². The van der Waals surface area contributed by atoms with E-state index in [0.29, 0.717) is 24.3 Å². The Balaban J connectivity index is 1.89. The van der Waals surface area contributed by atoms with E-state index in [9.17, 15) is 4.79 Å². The van der Waals surface area contributed by atoms with Gasteiger partial charge in [-0.25, -0.2) is 0 Å². The van der Waals surface area contributed by atoms with Crippen molar-refractivity contribution in [3.05, 3.63) is 35.2 Å². The second-order valence-electron chi connectivity index (χ2n) is 10.3. The molecule has 0 saturated carbocycles. The summed E-state index contributed by atoms with van der Waals surface area (Å²) in [6.07, 6.45) is 11.2. The van der Waals surface area contributed by atoms with Crippen LogP contribution in [0.5, 0.6) is 0 Å². The SMILES string of the molecule is CC(C)[C@@H]1c2cc3n(COCC[Si](C)(C)C)c2C(=O)[C@H]1CC/C=C/CCCC3. The Morgan fingerprint density at radius 3 is 2.64 bits per heavy atom. The van der Waals surface area contributed by atoms with Crippen LogP contribution < -0.4 is 0 Å². The molecule has 28 heavy (non-hydrogen) atoms. The van der Waals surface area contributed by atoms with Crippen molar-refractivity contribution in [2.24, 2.45) is 11.8 Å². The number of ether oxygens (including phenoxy) is 1. The third-order valence-corrected chi connectivity index (χ3v) is 8.08. The second kappa shape index (κ2) is 9.13. The fraction of sp³-hybridized carbons (Fsp3) is 0.708. The van der Waals surface area contributed by atoms with Gasteiger partial charge < -0.3 is 9.30 Å². The molecule has 4 heteroatoms. The molecule has 0 unspecified atom stereocenters. The van der Waals surface area contributed by atoms with Gasteiger partial charge in [-0.3, -0.25) is 4.79 Å². The van der Waals surface area contributed by atoms with Crippen LogP contribution in [-0.2, 0) is 17.9 Å². The Kier molecular flexibility index (Phi) is 7.03. The number of nitrogens with zero attached hydrogens (tertiary/aromatic N) is 1. The summed E-state index contributed by atoms with van der Waals surface area (Å²) in [6, 6.07) is 3.52. The first-order chi connectivity index (χ1) is 13.3. The minimum Gasteiger partial charge on any atom is -0.361 e. The molecule has 156 valence electrons. The average molecular weight is 402 g/mol. The van der Waals surface area contributed by atoms with Gasteiger partial charge in [-0.15, -0.1) is 0 Å². The molecule has 0 saturated heterocycles. The number of Topliss-reactive ketones (excluding diaryl/α,β-unsaturated/α-hetero) is 1. The monoisotopic (exact) mass is 401 g/mol. The molecule has 0 spiro atoms. The van der Waals surface area contributed by atoms with Gasteiger partial charge >= 0.3 is 0 Å². The lowest BCUT2D eigenvalue weighted by Gasteiger charge is -2.22. The van der Waals surface area contributed by atoms with Gasteiger partial charge in [0, 0.05) is 26.3 Å². The zero-order chi connectivity index (χ0) is 20.3. The van der Waals surface area contributed by atoms with Gasteiger partial charge in [-0.2, -0.15) is 0 Å². The Labute approximate surface area is 172 Å². The van der Waals surface area contributed by atoms with Gasteiger partial charge in [0.1, 0.15) is 6.73 Å². The van der Waals surface area contributed by atoms with Crippen LogP contribution in [0.15, 0.2) is 18.2 Å². The van der Waals surface area contributed by atoms with Gasteiger partial charge in [0.15, 0.2) is 5.78 Å². The first-order valence-corrected chi connectivity index (χ1v) is 15.0. The molecule has 0 aromatic carbocycles. The predicted octanol–water partition coefficient (Wildman–Crippen LogP) is 6.42. The van der Waals surface area contributed by atoms with Gasteiger partial charge in [0.2, 0.25) is 0 Å². The zero-order valence-corrected chi connectivity index (χ0v) is 19.6. The lowest BCUT2D eigenvalue weighted by atomic mass is 9.80. The number of carbonyl (C=O) groups excluding carboxylic acids is 1. The van der Waals surface area contributed by atoms with E-state index in [-0.39, 0.29) is 5.92 Å². The molecule has 1 aromatic rings. The van der Waals surface area contributed by atoms with E-state index in [1.807, 2.05) is 0 Å². The highest BCUT2D eigenvalue weighted by atomic mass is 28.3. The molecule has 4 bridgehead atoms. The van der Waals surface area contributed by atoms with Crippen molar-refractivity contribution < 1.29 is 9.53 Å². The number of fused-ring (bicyclic) bond motifs is 6. The van der Waals surface area contributed by atoms with Crippen molar-refractivity contribution in [3.63, 3.8) is 0 Å². The number of hydrogen-bond donors (Lipinski definition) is 0. The van der Waals surface area contributed by atoms with Gasteiger partial charge in [-0.1, -0.05) is 45.6 Å². The molecular formula is C24H39NO2Si. The predicted molar refractivity (Wildman–Crippen MR) is 120 cm³/mol. The number of ketones is 1.